The van der Waals surface area contributed by atoms with Crippen LogP contribution in [-0.4, -0.2) is 31.3 Å². The standard InChI is InChI=1S/C18H16ClF2NO4S/c19-14-3-1-11(18(24)22-12-2-4-15(20)16(21)8-12)7-17(14)27(25,26)13-5-10(6-13)9-23/h1-4,7-8,10,13,23H,5-6,9H2,(H,22,24). The van der Waals surface area contributed by atoms with Crippen molar-refractivity contribution in [3.05, 3.63) is 58.6 Å². The monoisotopic (exact) mass is 415 g/mol. The van der Waals surface area contributed by atoms with Crippen LogP contribution in [0.5, 0.6) is 0 Å². The normalized spacial score (nSPS) is 19.4. The van der Waals surface area contributed by atoms with Gasteiger partial charge >= 0.3 is 0 Å². The fourth-order valence-electron chi connectivity index (χ4n) is 2.90. The topological polar surface area (TPSA) is 83.5 Å². The summed E-state index contributed by atoms with van der Waals surface area (Å²) in [7, 11) is -3.75. The van der Waals surface area contributed by atoms with Gasteiger partial charge in [-0.15, -0.1) is 0 Å². The van der Waals surface area contributed by atoms with Crippen LogP contribution in [0.4, 0.5) is 14.5 Å². The van der Waals surface area contributed by atoms with E-state index in [0.29, 0.717) is 12.8 Å². The Labute approximate surface area is 159 Å². The minimum absolute atomic E-state index is 0.00757. The zero-order valence-corrected chi connectivity index (χ0v) is 15.5. The molecule has 2 aromatic rings. The van der Waals surface area contributed by atoms with E-state index in [1.165, 1.54) is 24.3 Å². The lowest BCUT2D eigenvalue weighted by atomic mass is 9.86. The van der Waals surface area contributed by atoms with E-state index in [2.05, 4.69) is 5.32 Å². The fourth-order valence-corrected chi connectivity index (χ4v) is 5.38. The summed E-state index contributed by atoms with van der Waals surface area (Å²) in [5.74, 6) is -2.90. The molecule has 0 saturated heterocycles. The molecule has 27 heavy (non-hydrogen) atoms. The molecular formula is C18H16ClF2NO4S. The summed E-state index contributed by atoms with van der Waals surface area (Å²) >= 11 is 6.03. The van der Waals surface area contributed by atoms with Crippen LogP contribution in [0, 0.1) is 17.6 Å². The molecule has 2 aromatic carbocycles. The largest absolute Gasteiger partial charge is 0.396 e. The van der Waals surface area contributed by atoms with E-state index < -0.39 is 32.6 Å². The zero-order valence-electron chi connectivity index (χ0n) is 14.0. The molecule has 1 aliphatic carbocycles. The number of amides is 1. The number of rotatable bonds is 5. The van der Waals surface area contributed by atoms with E-state index >= 15 is 0 Å². The van der Waals surface area contributed by atoms with Gasteiger partial charge in [0.25, 0.3) is 5.91 Å². The molecule has 0 heterocycles. The lowest BCUT2D eigenvalue weighted by Crippen LogP contribution is -2.37. The molecule has 0 spiro atoms. The molecule has 1 saturated carbocycles. The Bertz CT molecular complexity index is 991. The van der Waals surface area contributed by atoms with E-state index in [1.54, 1.807) is 0 Å². The van der Waals surface area contributed by atoms with Crippen molar-refractivity contribution in [1.29, 1.82) is 0 Å². The second-order valence-electron chi connectivity index (χ2n) is 6.42. The first-order valence-corrected chi connectivity index (χ1v) is 10.1. The average Bonchev–Trinajstić information content (AvgIpc) is 2.57. The highest BCUT2D eigenvalue weighted by molar-refractivity contribution is 7.92. The Morgan fingerprint density at radius 1 is 1.15 bits per heavy atom. The first-order chi connectivity index (χ1) is 12.7. The molecule has 0 aromatic heterocycles. The molecule has 0 radical (unpaired) electrons. The third kappa shape index (κ3) is 3.97. The Hall–Kier alpha value is -2.03. The number of carbonyl (C=O) groups excluding carboxylic acids is 1. The number of hydrogen-bond donors (Lipinski definition) is 2. The Morgan fingerprint density at radius 3 is 2.48 bits per heavy atom. The quantitative estimate of drug-likeness (QED) is 0.783. The van der Waals surface area contributed by atoms with Crippen LogP contribution < -0.4 is 5.32 Å². The van der Waals surface area contributed by atoms with Gasteiger partial charge in [-0.25, -0.2) is 17.2 Å². The van der Waals surface area contributed by atoms with Crippen molar-refractivity contribution in [3.8, 4) is 0 Å². The fraction of sp³-hybridized carbons (Fsp3) is 0.278. The van der Waals surface area contributed by atoms with Crippen molar-refractivity contribution in [2.75, 3.05) is 11.9 Å². The van der Waals surface area contributed by atoms with Crippen molar-refractivity contribution in [2.24, 2.45) is 5.92 Å². The number of anilines is 1. The van der Waals surface area contributed by atoms with Gasteiger partial charge in [0.2, 0.25) is 0 Å². The van der Waals surface area contributed by atoms with Crippen molar-refractivity contribution < 1.29 is 27.1 Å². The average molecular weight is 416 g/mol. The minimum atomic E-state index is -3.75. The Morgan fingerprint density at radius 2 is 1.85 bits per heavy atom. The van der Waals surface area contributed by atoms with E-state index in [-0.39, 0.29) is 33.7 Å². The number of carbonyl (C=O) groups is 1. The van der Waals surface area contributed by atoms with Gasteiger partial charge in [-0.05, 0) is 49.1 Å². The lowest BCUT2D eigenvalue weighted by molar-refractivity contribution is 0.102. The predicted octanol–water partition coefficient (Wildman–Crippen LogP) is 3.42. The van der Waals surface area contributed by atoms with Crippen LogP contribution in [0.2, 0.25) is 5.02 Å². The van der Waals surface area contributed by atoms with Crippen molar-refractivity contribution in [3.63, 3.8) is 0 Å². The summed E-state index contributed by atoms with van der Waals surface area (Å²) in [5, 5.41) is 10.8. The molecule has 9 heteroatoms. The van der Waals surface area contributed by atoms with E-state index in [9.17, 15) is 22.0 Å². The van der Waals surface area contributed by atoms with Crippen LogP contribution in [0.25, 0.3) is 0 Å². The maximum Gasteiger partial charge on any atom is 0.255 e. The van der Waals surface area contributed by atoms with E-state index in [0.717, 1.165) is 12.1 Å². The number of nitrogens with one attached hydrogen (secondary N) is 1. The smallest absolute Gasteiger partial charge is 0.255 e. The first-order valence-electron chi connectivity index (χ1n) is 8.13. The summed E-state index contributed by atoms with van der Waals surface area (Å²) < 4.78 is 51.7. The Balaban J connectivity index is 1.84. The highest BCUT2D eigenvalue weighted by atomic mass is 35.5. The summed E-state index contributed by atoms with van der Waals surface area (Å²) in [4.78, 5) is 12.2. The molecule has 0 bridgehead atoms. The second-order valence-corrected chi connectivity index (χ2v) is 9.02. The molecule has 0 aliphatic heterocycles. The molecule has 1 amide bonds. The van der Waals surface area contributed by atoms with Crippen molar-refractivity contribution in [2.45, 2.75) is 23.0 Å². The molecule has 0 unspecified atom stereocenters. The molecular weight excluding hydrogens is 400 g/mol. The van der Waals surface area contributed by atoms with Crippen LogP contribution in [0.15, 0.2) is 41.3 Å². The lowest BCUT2D eigenvalue weighted by Gasteiger charge is -2.33. The van der Waals surface area contributed by atoms with Crippen LogP contribution in [0.3, 0.4) is 0 Å². The summed E-state index contributed by atoms with van der Waals surface area (Å²) in [6, 6.07) is 6.69. The highest BCUT2D eigenvalue weighted by Gasteiger charge is 2.40. The van der Waals surface area contributed by atoms with Gasteiger partial charge in [-0.1, -0.05) is 11.6 Å². The SMILES string of the molecule is O=C(Nc1ccc(F)c(F)c1)c1ccc(Cl)c(S(=O)(=O)C2CC(CO)C2)c1. The number of sulfone groups is 1. The van der Waals surface area contributed by atoms with Gasteiger partial charge in [0.1, 0.15) is 0 Å². The van der Waals surface area contributed by atoms with Crippen LogP contribution >= 0.6 is 11.6 Å². The third-order valence-corrected chi connectivity index (χ3v) is 7.22. The number of hydrogen-bond acceptors (Lipinski definition) is 4. The molecule has 2 N–H and O–H groups in total. The second kappa shape index (κ2) is 7.53. The predicted molar refractivity (Wildman–Crippen MR) is 96.5 cm³/mol. The van der Waals surface area contributed by atoms with Crippen LogP contribution in [0.1, 0.15) is 23.2 Å². The Kier molecular flexibility index (Phi) is 5.50. The molecule has 0 atom stereocenters. The number of aliphatic hydroxyl groups excluding tert-OH is 1. The van der Waals surface area contributed by atoms with E-state index in [4.69, 9.17) is 16.7 Å². The number of aliphatic hydroxyl groups is 1. The van der Waals surface area contributed by atoms with Gasteiger partial charge < -0.3 is 10.4 Å². The van der Waals surface area contributed by atoms with Crippen molar-refractivity contribution in [1.82, 2.24) is 0 Å². The number of benzene rings is 2. The molecule has 1 fully saturated rings. The summed E-state index contributed by atoms with van der Waals surface area (Å²) in [6.45, 7) is -0.0730. The van der Waals surface area contributed by atoms with Crippen LogP contribution in [-0.2, 0) is 9.84 Å². The molecule has 3 rings (SSSR count). The van der Waals surface area contributed by atoms with Gasteiger partial charge in [0.05, 0.1) is 15.2 Å². The molecule has 1 aliphatic rings. The molecule has 144 valence electrons. The van der Waals surface area contributed by atoms with Gasteiger partial charge in [-0.2, -0.15) is 0 Å². The van der Waals surface area contributed by atoms with Gasteiger partial charge in [-0.3, -0.25) is 4.79 Å². The molecule has 5 nitrogen and oxygen atoms in total. The third-order valence-electron chi connectivity index (χ3n) is 4.57. The summed E-state index contributed by atoms with van der Waals surface area (Å²) in [5.41, 5.74) is 0.0452. The van der Waals surface area contributed by atoms with Crippen molar-refractivity contribution >= 4 is 33.0 Å². The zero-order chi connectivity index (χ0) is 19.8. The van der Waals surface area contributed by atoms with E-state index in [1.807, 2.05) is 0 Å². The first kappa shape index (κ1) is 19.7. The highest BCUT2D eigenvalue weighted by Crippen LogP contribution is 2.38. The number of halogens is 3. The summed E-state index contributed by atoms with van der Waals surface area (Å²) in [6.07, 6.45) is 0.668. The maximum absolute atomic E-state index is 13.3. The van der Waals surface area contributed by atoms with Gasteiger partial charge in [0, 0.05) is 23.9 Å². The van der Waals surface area contributed by atoms with Gasteiger partial charge in [0.15, 0.2) is 21.5 Å². The minimum Gasteiger partial charge on any atom is -0.396 e. The maximum atomic E-state index is 13.3.